The molecule has 1 aromatic rings. The minimum absolute atomic E-state index is 0.0888. The standard InChI is InChI=1S/C15H19NO4/c1-15(2,3)20-14(18)16-9-13(17)19-10-12(16)11-7-5-4-6-8-11/h4-8,12H,9-10H2,1-3H3. The van der Waals surface area contributed by atoms with Crippen molar-refractivity contribution in [1.82, 2.24) is 4.90 Å². The number of amides is 1. The summed E-state index contributed by atoms with van der Waals surface area (Å²) in [6, 6.07) is 9.18. The van der Waals surface area contributed by atoms with Crippen LogP contribution < -0.4 is 0 Å². The zero-order valence-corrected chi connectivity index (χ0v) is 12.0. The number of hydrogen-bond acceptors (Lipinski definition) is 4. The second-order valence-electron chi connectivity index (χ2n) is 5.72. The highest BCUT2D eigenvalue weighted by atomic mass is 16.6. The average molecular weight is 277 g/mol. The van der Waals surface area contributed by atoms with E-state index in [0.29, 0.717) is 0 Å². The lowest BCUT2D eigenvalue weighted by Crippen LogP contribution is -2.47. The molecule has 1 aliphatic rings. The Labute approximate surface area is 118 Å². The molecule has 0 saturated carbocycles. The third kappa shape index (κ3) is 3.50. The zero-order valence-electron chi connectivity index (χ0n) is 12.0. The first kappa shape index (κ1) is 14.4. The minimum Gasteiger partial charge on any atom is -0.462 e. The SMILES string of the molecule is CC(C)(C)OC(=O)N1CC(=O)OCC1c1ccccc1. The second-order valence-corrected chi connectivity index (χ2v) is 5.72. The summed E-state index contributed by atoms with van der Waals surface area (Å²) in [7, 11) is 0. The Morgan fingerprint density at radius 3 is 2.55 bits per heavy atom. The van der Waals surface area contributed by atoms with Crippen LogP contribution in [0.5, 0.6) is 0 Å². The second kappa shape index (κ2) is 5.53. The van der Waals surface area contributed by atoms with Gasteiger partial charge in [-0.2, -0.15) is 0 Å². The van der Waals surface area contributed by atoms with E-state index in [4.69, 9.17) is 9.47 Å². The summed E-state index contributed by atoms with van der Waals surface area (Å²) in [6.07, 6.45) is -0.497. The molecule has 1 amide bonds. The van der Waals surface area contributed by atoms with Crippen molar-refractivity contribution in [2.24, 2.45) is 0 Å². The highest BCUT2D eigenvalue weighted by molar-refractivity contribution is 5.79. The van der Waals surface area contributed by atoms with E-state index in [1.54, 1.807) is 20.8 Å². The number of benzene rings is 1. The lowest BCUT2D eigenvalue weighted by Gasteiger charge is -2.35. The lowest BCUT2D eigenvalue weighted by atomic mass is 10.1. The van der Waals surface area contributed by atoms with Gasteiger partial charge in [0.05, 0.1) is 6.04 Å². The van der Waals surface area contributed by atoms with Crippen molar-refractivity contribution in [2.75, 3.05) is 13.2 Å². The number of carbonyl (C=O) groups excluding carboxylic acids is 2. The van der Waals surface area contributed by atoms with Crippen LogP contribution in [0.3, 0.4) is 0 Å². The third-order valence-electron chi connectivity index (χ3n) is 2.89. The average Bonchev–Trinajstić information content (AvgIpc) is 2.37. The summed E-state index contributed by atoms with van der Waals surface area (Å²) in [6.45, 7) is 5.45. The molecule has 5 nitrogen and oxygen atoms in total. The van der Waals surface area contributed by atoms with Crippen LogP contribution in [0, 0.1) is 0 Å². The van der Waals surface area contributed by atoms with Crippen LogP contribution in [0.25, 0.3) is 0 Å². The molecule has 1 unspecified atom stereocenters. The van der Waals surface area contributed by atoms with Gasteiger partial charge in [0, 0.05) is 0 Å². The van der Waals surface area contributed by atoms with Crippen molar-refractivity contribution in [3.63, 3.8) is 0 Å². The number of morpholine rings is 1. The van der Waals surface area contributed by atoms with Crippen molar-refractivity contribution < 1.29 is 19.1 Å². The van der Waals surface area contributed by atoms with Crippen LogP contribution in [-0.4, -0.2) is 35.7 Å². The molecule has 0 bridgehead atoms. The highest BCUT2D eigenvalue weighted by Crippen LogP contribution is 2.26. The van der Waals surface area contributed by atoms with E-state index in [1.165, 1.54) is 4.90 Å². The maximum atomic E-state index is 12.2. The number of rotatable bonds is 1. The molecule has 1 aromatic carbocycles. The zero-order chi connectivity index (χ0) is 14.8. The molecule has 20 heavy (non-hydrogen) atoms. The molecule has 0 radical (unpaired) electrons. The fraction of sp³-hybridized carbons (Fsp3) is 0.467. The molecule has 0 spiro atoms. The van der Waals surface area contributed by atoms with E-state index in [-0.39, 0.29) is 19.2 Å². The maximum absolute atomic E-state index is 12.2. The Kier molecular flexibility index (Phi) is 3.97. The summed E-state index contributed by atoms with van der Waals surface area (Å²) >= 11 is 0. The van der Waals surface area contributed by atoms with Crippen molar-refractivity contribution in [2.45, 2.75) is 32.4 Å². The van der Waals surface area contributed by atoms with Gasteiger partial charge in [0.25, 0.3) is 0 Å². The van der Waals surface area contributed by atoms with Gasteiger partial charge >= 0.3 is 12.1 Å². The molecule has 1 heterocycles. The lowest BCUT2D eigenvalue weighted by molar-refractivity contribution is -0.154. The van der Waals surface area contributed by atoms with Crippen molar-refractivity contribution in [3.05, 3.63) is 35.9 Å². The molecule has 0 aromatic heterocycles. The first-order chi connectivity index (χ1) is 9.37. The topological polar surface area (TPSA) is 55.8 Å². The summed E-state index contributed by atoms with van der Waals surface area (Å²) in [5.74, 6) is -0.414. The molecule has 5 heteroatoms. The minimum atomic E-state index is -0.598. The van der Waals surface area contributed by atoms with Gasteiger partial charge in [-0.1, -0.05) is 30.3 Å². The normalized spacial score (nSPS) is 19.4. The van der Waals surface area contributed by atoms with Crippen molar-refractivity contribution in [3.8, 4) is 0 Å². The predicted molar refractivity (Wildman–Crippen MR) is 73.1 cm³/mol. The van der Waals surface area contributed by atoms with Gasteiger partial charge in [0.15, 0.2) is 0 Å². The largest absolute Gasteiger partial charge is 0.462 e. The van der Waals surface area contributed by atoms with Crippen molar-refractivity contribution in [1.29, 1.82) is 0 Å². The van der Waals surface area contributed by atoms with Crippen LogP contribution >= 0.6 is 0 Å². The summed E-state index contributed by atoms with van der Waals surface area (Å²) in [5, 5.41) is 0. The van der Waals surface area contributed by atoms with Gasteiger partial charge in [-0.25, -0.2) is 4.79 Å². The van der Waals surface area contributed by atoms with Crippen molar-refractivity contribution >= 4 is 12.1 Å². The smallest absolute Gasteiger partial charge is 0.411 e. The van der Waals surface area contributed by atoms with Gasteiger partial charge in [-0.05, 0) is 26.3 Å². The van der Waals surface area contributed by atoms with Gasteiger partial charge in [0.2, 0.25) is 0 Å². The molecule has 1 atom stereocenters. The molecular formula is C15H19NO4. The Morgan fingerprint density at radius 1 is 1.30 bits per heavy atom. The number of esters is 1. The number of nitrogens with zero attached hydrogens (tertiary/aromatic N) is 1. The predicted octanol–water partition coefficient (Wildman–Crippen LogP) is 2.52. The fourth-order valence-electron chi connectivity index (χ4n) is 2.02. The van der Waals surface area contributed by atoms with E-state index in [1.807, 2.05) is 30.3 Å². The van der Waals surface area contributed by atoms with E-state index >= 15 is 0 Å². The summed E-state index contributed by atoms with van der Waals surface area (Å²) in [5.41, 5.74) is 0.325. The van der Waals surface area contributed by atoms with Gasteiger partial charge < -0.3 is 9.47 Å². The van der Waals surface area contributed by atoms with Gasteiger partial charge in [-0.3, -0.25) is 9.69 Å². The Hall–Kier alpha value is -2.04. The van der Waals surface area contributed by atoms with Crippen LogP contribution in [-0.2, 0) is 14.3 Å². The molecule has 0 aliphatic carbocycles. The van der Waals surface area contributed by atoms with Gasteiger partial charge in [0.1, 0.15) is 18.8 Å². The Morgan fingerprint density at radius 2 is 1.95 bits per heavy atom. The summed E-state index contributed by atoms with van der Waals surface area (Å²) in [4.78, 5) is 25.1. The monoisotopic (exact) mass is 277 g/mol. The van der Waals surface area contributed by atoms with Gasteiger partial charge in [-0.15, -0.1) is 0 Å². The molecule has 0 N–H and O–H groups in total. The maximum Gasteiger partial charge on any atom is 0.411 e. The van der Waals surface area contributed by atoms with E-state index in [2.05, 4.69) is 0 Å². The van der Waals surface area contributed by atoms with E-state index < -0.39 is 17.7 Å². The number of ether oxygens (including phenoxy) is 2. The molecular weight excluding hydrogens is 258 g/mol. The molecule has 2 rings (SSSR count). The number of carbonyl (C=O) groups is 2. The van der Waals surface area contributed by atoms with Crippen LogP contribution in [0.15, 0.2) is 30.3 Å². The first-order valence-electron chi connectivity index (χ1n) is 6.57. The molecule has 108 valence electrons. The highest BCUT2D eigenvalue weighted by Gasteiger charge is 2.35. The van der Waals surface area contributed by atoms with Crippen LogP contribution in [0.1, 0.15) is 32.4 Å². The Balaban J connectivity index is 2.21. The van der Waals surface area contributed by atoms with Crippen LogP contribution in [0.4, 0.5) is 4.79 Å². The first-order valence-corrected chi connectivity index (χ1v) is 6.57. The molecule has 1 fully saturated rings. The molecule has 1 saturated heterocycles. The van der Waals surface area contributed by atoms with Crippen LogP contribution in [0.2, 0.25) is 0 Å². The summed E-state index contributed by atoms with van der Waals surface area (Å²) < 4.78 is 10.4. The number of hydrogen-bond donors (Lipinski definition) is 0. The number of cyclic esters (lactones) is 1. The quantitative estimate of drug-likeness (QED) is 0.740. The Bertz CT molecular complexity index is 492. The third-order valence-corrected chi connectivity index (χ3v) is 2.89. The van der Waals surface area contributed by atoms with E-state index in [0.717, 1.165) is 5.56 Å². The van der Waals surface area contributed by atoms with E-state index in [9.17, 15) is 9.59 Å². The molecule has 1 aliphatic heterocycles. The fourth-order valence-corrected chi connectivity index (χ4v) is 2.02.